The van der Waals surface area contributed by atoms with Crippen LogP contribution in [0.2, 0.25) is 0 Å². The molecule has 2 unspecified atom stereocenters. The summed E-state index contributed by atoms with van der Waals surface area (Å²) in [6.07, 6.45) is 0.158. The van der Waals surface area contributed by atoms with Crippen molar-refractivity contribution in [3.63, 3.8) is 0 Å². The highest BCUT2D eigenvalue weighted by molar-refractivity contribution is 14.0. The van der Waals surface area contributed by atoms with E-state index in [-0.39, 0.29) is 42.9 Å². The Morgan fingerprint density at radius 2 is 1.96 bits per heavy atom. The van der Waals surface area contributed by atoms with Gasteiger partial charge in [0.05, 0.1) is 12.5 Å². The molecule has 0 heterocycles. The van der Waals surface area contributed by atoms with E-state index in [4.69, 9.17) is 4.74 Å². The quantitative estimate of drug-likeness (QED) is 0.283. The molecule has 136 valence electrons. The minimum absolute atomic E-state index is 0. The number of nitrogens with zero attached hydrogens (tertiary/aromatic N) is 1. The molecule has 0 aromatic carbocycles. The number of halogens is 4. The summed E-state index contributed by atoms with van der Waals surface area (Å²) in [5.41, 5.74) is 0. The van der Waals surface area contributed by atoms with Crippen molar-refractivity contribution in [2.45, 2.75) is 50.7 Å². The van der Waals surface area contributed by atoms with E-state index in [1.807, 2.05) is 0 Å². The lowest BCUT2D eigenvalue weighted by Gasteiger charge is -2.31. The Bertz CT molecular complexity index is 375. The van der Waals surface area contributed by atoms with Crippen LogP contribution in [0.4, 0.5) is 13.2 Å². The second-order valence-electron chi connectivity index (χ2n) is 6.26. The van der Waals surface area contributed by atoms with E-state index in [1.165, 1.54) is 12.8 Å². The summed E-state index contributed by atoms with van der Waals surface area (Å²) >= 11 is 0. The number of nitrogens with one attached hydrogen (secondary N) is 2. The highest BCUT2D eigenvalue weighted by Crippen LogP contribution is 2.37. The molecule has 2 saturated carbocycles. The van der Waals surface area contributed by atoms with Crippen LogP contribution < -0.4 is 10.6 Å². The van der Waals surface area contributed by atoms with Crippen LogP contribution in [0.25, 0.3) is 0 Å². The van der Waals surface area contributed by atoms with Crippen molar-refractivity contribution in [2.75, 3.05) is 26.8 Å². The first-order valence-electron chi connectivity index (χ1n) is 8.10. The topological polar surface area (TPSA) is 45.7 Å². The molecular weight excluding hydrogens is 422 g/mol. The van der Waals surface area contributed by atoms with E-state index in [1.54, 1.807) is 7.05 Å². The van der Waals surface area contributed by atoms with E-state index in [0.717, 1.165) is 18.9 Å². The third-order valence-corrected chi connectivity index (χ3v) is 4.29. The summed E-state index contributed by atoms with van der Waals surface area (Å²) in [5, 5.41) is 6.20. The zero-order valence-electron chi connectivity index (χ0n) is 13.5. The molecule has 2 aliphatic rings. The summed E-state index contributed by atoms with van der Waals surface area (Å²) in [7, 11) is 1.63. The smallest absolute Gasteiger partial charge is 0.379 e. The van der Waals surface area contributed by atoms with Crippen LogP contribution in [-0.4, -0.2) is 45.0 Å². The summed E-state index contributed by atoms with van der Waals surface area (Å²) in [5.74, 6) is 0.0977. The van der Waals surface area contributed by atoms with Gasteiger partial charge in [-0.2, -0.15) is 13.2 Å². The Kier molecular flexibility index (Phi) is 8.95. The third kappa shape index (κ3) is 7.91. The number of alkyl halides is 3. The monoisotopic (exact) mass is 449 g/mol. The Hall–Kier alpha value is -0.250. The largest absolute Gasteiger partial charge is 0.391 e. The van der Waals surface area contributed by atoms with E-state index < -0.39 is 12.1 Å². The molecule has 2 aliphatic carbocycles. The van der Waals surface area contributed by atoms with Crippen LogP contribution in [-0.2, 0) is 4.74 Å². The number of rotatable bonds is 6. The van der Waals surface area contributed by atoms with Gasteiger partial charge in [0, 0.05) is 26.2 Å². The van der Waals surface area contributed by atoms with Crippen LogP contribution in [0.3, 0.4) is 0 Å². The standard InChI is InChI=1S/C15H26F3N3O.HI/c1-19-14(20-7-8-22-10-11-5-6-11)21-13-4-2-3-12(9-13)15(16,17)18;/h11-13H,2-10H2,1H3,(H2,19,20,21);1H. The number of ether oxygens (including phenoxy) is 1. The van der Waals surface area contributed by atoms with Gasteiger partial charge in [-0.05, 0) is 38.0 Å². The lowest BCUT2D eigenvalue weighted by atomic mass is 9.85. The Morgan fingerprint density at radius 3 is 2.57 bits per heavy atom. The maximum Gasteiger partial charge on any atom is 0.391 e. The molecule has 0 spiro atoms. The fourth-order valence-corrected chi connectivity index (χ4v) is 2.78. The summed E-state index contributed by atoms with van der Waals surface area (Å²) in [6, 6.07) is -0.168. The van der Waals surface area contributed by atoms with Crippen molar-refractivity contribution in [1.29, 1.82) is 0 Å². The van der Waals surface area contributed by atoms with E-state index in [9.17, 15) is 13.2 Å². The van der Waals surface area contributed by atoms with Gasteiger partial charge in [-0.3, -0.25) is 4.99 Å². The molecule has 0 radical (unpaired) electrons. The van der Waals surface area contributed by atoms with Crippen molar-refractivity contribution in [1.82, 2.24) is 10.6 Å². The van der Waals surface area contributed by atoms with Gasteiger partial charge in [-0.25, -0.2) is 0 Å². The zero-order valence-corrected chi connectivity index (χ0v) is 15.8. The average Bonchev–Trinajstić information content (AvgIpc) is 3.29. The van der Waals surface area contributed by atoms with Gasteiger partial charge in [0.25, 0.3) is 0 Å². The van der Waals surface area contributed by atoms with Gasteiger partial charge in [0.15, 0.2) is 5.96 Å². The van der Waals surface area contributed by atoms with Crippen molar-refractivity contribution in [3.05, 3.63) is 0 Å². The Balaban J connectivity index is 0.00000264. The summed E-state index contributed by atoms with van der Waals surface area (Å²) in [4.78, 5) is 4.07. The molecule has 2 rings (SSSR count). The molecule has 4 nitrogen and oxygen atoms in total. The molecule has 0 amide bonds. The minimum Gasteiger partial charge on any atom is -0.379 e. The van der Waals surface area contributed by atoms with Crippen LogP contribution in [0.5, 0.6) is 0 Å². The number of aliphatic imine (C=N–C) groups is 1. The van der Waals surface area contributed by atoms with Crippen LogP contribution in [0.1, 0.15) is 38.5 Å². The van der Waals surface area contributed by atoms with Crippen molar-refractivity contribution < 1.29 is 17.9 Å². The molecule has 0 aliphatic heterocycles. The fourth-order valence-electron chi connectivity index (χ4n) is 2.78. The van der Waals surface area contributed by atoms with Gasteiger partial charge in [-0.15, -0.1) is 24.0 Å². The first kappa shape index (κ1) is 20.8. The normalized spacial score (nSPS) is 25.7. The first-order valence-corrected chi connectivity index (χ1v) is 8.10. The molecule has 0 bridgehead atoms. The molecule has 2 N–H and O–H groups in total. The van der Waals surface area contributed by atoms with Gasteiger partial charge in [-0.1, -0.05) is 6.42 Å². The third-order valence-electron chi connectivity index (χ3n) is 4.29. The number of hydrogen-bond donors (Lipinski definition) is 2. The predicted octanol–water partition coefficient (Wildman–Crippen LogP) is 3.32. The Labute approximate surface area is 153 Å². The Morgan fingerprint density at radius 1 is 1.22 bits per heavy atom. The lowest BCUT2D eigenvalue weighted by Crippen LogP contribution is -2.47. The van der Waals surface area contributed by atoms with Crippen molar-refractivity contribution in [2.24, 2.45) is 16.8 Å². The highest BCUT2D eigenvalue weighted by Gasteiger charge is 2.42. The summed E-state index contributed by atoms with van der Waals surface area (Å²) in [6.45, 7) is 2.01. The van der Waals surface area contributed by atoms with Crippen LogP contribution in [0, 0.1) is 11.8 Å². The fraction of sp³-hybridized carbons (Fsp3) is 0.933. The molecule has 0 aromatic rings. The molecular formula is C15H27F3IN3O. The molecule has 2 atom stereocenters. The van der Waals surface area contributed by atoms with Crippen LogP contribution >= 0.6 is 24.0 Å². The highest BCUT2D eigenvalue weighted by atomic mass is 127. The van der Waals surface area contributed by atoms with E-state index >= 15 is 0 Å². The molecule has 8 heteroatoms. The predicted molar refractivity (Wildman–Crippen MR) is 95.3 cm³/mol. The molecule has 0 saturated heterocycles. The average molecular weight is 449 g/mol. The molecule has 2 fully saturated rings. The molecule has 23 heavy (non-hydrogen) atoms. The van der Waals surface area contributed by atoms with E-state index in [0.29, 0.717) is 25.5 Å². The number of hydrogen-bond acceptors (Lipinski definition) is 2. The van der Waals surface area contributed by atoms with Crippen molar-refractivity contribution >= 4 is 29.9 Å². The number of guanidine groups is 1. The van der Waals surface area contributed by atoms with Gasteiger partial charge < -0.3 is 15.4 Å². The SMILES string of the molecule is CN=C(NCCOCC1CC1)NC1CCCC(C(F)(F)F)C1.I. The van der Waals surface area contributed by atoms with Crippen LogP contribution in [0.15, 0.2) is 4.99 Å². The second-order valence-corrected chi connectivity index (χ2v) is 6.26. The summed E-state index contributed by atoms with van der Waals surface area (Å²) < 4.78 is 43.9. The second kappa shape index (κ2) is 9.90. The van der Waals surface area contributed by atoms with E-state index in [2.05, 4.69) is 15.6 Å². The van der Waals surface area contributed by atoms with Gasteiger partial charge >= 0.3 is 6.18 Å². The lowest BCUT2D eigenvalue weighted by molar-refractivity contribution is -0.183. The van der Waals surface area contributed by atoms with Crippen molar-refractivity contribution in [3.8, 4) is 0 Å². The first-order chi connectivity index (χ1) is 10.5. The maximum absolute atomic E-state index is 12.8. The van der Waals surface area contributed by atoms with Gasteiger partial charge in [0.2, 0.25) is 0 Å². The maximum atomic E-state index is 12.8. The van der Waals surface area contributed by atoms with Gasteiger partial charge in [0.1, 0.15) is 0 Å². The zero-order chi connectivity index (χ0) is 16.0. The minimum atomic E-state index is -4.09. The molecule has 0 aromatic heterocycles.